The maximum absolute atomic E-state index is 12.8. The van der Waals surface area contributed by atoms with Gasteiger partial charge in [-0.25, -0.2) is 0 Å². The van der Waals surface area contributed by atoms with Gasteiger partial charge in [-0.15, -0.1) is 6.58 Å². The number of anilines is 2. The van der Waals surface area contributed by atoms with Gasteiger partial charge >= 0.3 is 0 Å². The van der Waals surface area contributed by atoms with Crippen molar-refractivity contribution in [3.8, 4) is 5.75 Å². The lowest BCUT2D eigenvalue weighted by Crippen LogP contribution is -2.42. The summed E-state index contributed by atoms with van der Waals surface area (Å²) in [6.07, 6.45) is 2.13. The van der Waals surface area contributed by atoms with E-state index in [-0.39, 0.29) is 23.8 Å². The molecule has 0 saturated heterocycles. The Kier molecular flexibility index (Phi) is 5.26. The molecule has 5 nitrogen and oxygen atoms in total. The molecule has 0 spiro atoms. The number of ether oxygens (including phenoxy) is 1. The van der Waals surface area contributed by atoms with E-state index >= 15 is 0 Å². The Morgan fingerprint density at radius 1 is 1.40 bits per heavy atom. The molecule has 0 aromatic heterocycles. The molecule has 25 heavy (non-hydrogen) atoms. The van der Waals surface area contributed by atoms with Gasteiger partial charge < -0.3 is 15.0 Å². The van der Waals surface area contributed by atoms with Crippen molar-refractivity contribution >= 4 is 23.2 Å². The van der Waals surface area contributed by atoms with E-state index in [1.165, 1.54) is 0 Å². The van der Waals surface area contributed by atoms with Crippen LogP contribution in [0.4, 0.5) is 11.4 Å². The minimum absolute atomic E-state index is 0.00401. The normalized spacial score (nSPS) is 16.5. The highest BCUT2D eigenvalue weighted by atomic mass is 16.5. The fourth-order valence-electron chi connectivity index (χ4n) is 2.72. The molecule has 1 aliphatic rings. The first kappa shape index (κ1) is 19.0. The van der Waals surface area contributed by atoms with E-state index in [9.17, 15) is 9.59 Å². The summed E-state index contributed by atoms with van der Waals surface area (Å²) in [6, 6.07) is 5.38. The highest BCUT2D eigenvalue weighted by Crippen LogP contribution is 2.38. The number of nitrogens with zero attached hydrogens (tertiary/aromatic N) is 1. The predicted octanol–water partition coefficient (Wildman–Crippen LogP) is 4.00. The molecule has 5 heteroatoms. The molecule has 0 atom stereocenters. The molecule has 0 bridgehead atoms. The standard InChI is InChI=1S/C20H28N2O3/c1-7-10-22-15-9-8-14(21-17(23)12-19(2,3)4)11-16(15)25-13-20(5,6)18(22)24/h7-9,11H,1,10,12-13H2,2-6H3,(H,21,23). The van der Waals surface area contributed by atoms with Gasteiger partial charge in [-0.1, -0.05) is 26.8 Å². The second-order valence-corrected chi connectivity index (χ2v) is 8.35. The number of nitrogens with one attached hydrogen (secondary N) is 1. The van der Waals surface area contributed by atoms with E-state index in [1.807, 2.05) is 40.7 Å². The van der Waals surface area contributed by atoms with Gasteiger partial charge in [-0.05, 0) is 31.4 Å². The summed E-state index contributed by atoms with van der Waals surface area (Å²) in [5, 5.41) is 2.91. The van der Waals surface area contributed by atoms with Gasteiger partial charge in [0.05, 0.1) is 11.1 Å². The summed E-state index contributed by atoms with van der Waals surface area (Å²) in [5.41, 5.74) is 0.657. The Morgan fingerprint density at radius 3 is 2.68 bits per heavy atom. The number of fused-ring (bicyclic) bond motifs is 1. The number of amides is 2. The van der Waals surface area contributed by atoms with Gasteiger partial charge in [0.2, 0.25) is 11.8 Å². The van der Waals surface area contributed by atoms with Gasteiger partial charge in [-0.2, -0.15) is 0 Å². The first-order valence-corrected chi connectivity index (χ1v) is 8.53. The SMILES string of the molecule is C=CCN1C(=O)C(C)(C)COc2cc(NC(=O)CC(C)(C)C)ccc21. The molecule has 0 aliphatic carbocycles. The summed E-state index contributed by atoms with van der Waals surface area (Å²) in [4.78, 5) is 26.6. The minimum Gasteiger partial charge on any atom is -0.490 e. The third-order valence-electron chi connectivity index (χ3n) is 3.95. The average molecular weight is 344 g/mol. The number of carbonyl (C=O) groups is 2. The molecular weight excluding hydrogens is 316 g/mol. The number of carbonyl (C=O) groups excluding carboxylic acids is 2. The minimum atomic E-state index is -0.627. The average Bonchev–Trinajstić information content (AvgIpc) is 2.56. The number of benzene rings is 1. The summed E-state index contributed by atoms with van der Waals surface area (Å²) in [6.45, 7) is 14.2. The van der Waals surface area contributed by atoms with Crippen molar-refractivity contribution < 1.29 is 14.3 Å². The zero-order valence-corrected chi connectivity index (χ0v) is 15.8. The molecule has 0 saturated carbocycles. The Bertz CT molecular complexity index is 687. The molecule has 2 amide bonds. The first-order valence-electron chi connectivity index (χ1n) is 8.53. The van der Waals surface area contributed by atoms with E-state index in [0.717, 1.165) is 0 Å². The van der Waals surface area contributed by atoms with E-state index in [4.69, 9.17) is 4.74 Å². The summed E-state index contributed by atoms with van der Waals surface area (Å²) in [5.74, 6) is 0.547. The van der Waals surface area contributed by atoms with E-state index in [1.54, 1.807) is 23.1 Å². The molecule has 2 rings (SSSR count). The Labute approximate surface area is 150 Å². The topological polar surface area (TPSA) is 58.6 Å². The molecule has 1 aromatic carbocycles. The Morgan fingerprint density at radius 2 is 2.08 bits per heavy atom. The lowest BCUT2D eigenvalue weighted by molar-refractivity contribution is -0.127. The maximum Gasteiger partial charge on any atom is 0.236 e. The molecule has 1 aromatic rings. The van der Waals surface area contributed by atoms with Crippen molar-refractivity contribution in [3.05, 3.63) is 30.9 Å². The van der Waals surface area contributed by atoms with Crippen LogP contribution in [0.3, 0.4) is 0 Å². The van der Waals surface area contributed by atoms with Gasteiger partial charge in [-0.3, -0.25) is 9.59 Å². The number of hydrogen-bond donors (Lipinski definition) is 1. The maximum atomic E-state index is 12.8. The predicted molar refractivity (Wildman–Crippen MR) is 101 cm³/mol. The van der Waals surface area contributed by atoms with E-state index < -0.39 is 5.41 Å². The smallest absolute Gasteiger partial charge is 0.236 e. The highest BCUT2D eigenvalue weighted by molar-refractivity contribution is 6.00. The van der Waals surface area contributed by atoms with E-state index in [0.29, 0.717) is 30.1 Å². The van der Waals surface area contributed by atoms with Crippen LogP contribution < -0.4 is 15.0 Å². The Hall–Kier alpha value is -2.30. The first-order chi connectivity index (χ1) is 11.5. The van der Waals surface area contributed by atoms with Crippen molar-refractivity contribution in [3.63, 3.8) is 0 Å². The monoisotopic (exact) mass is 344 g/mol. The molecule has 1 N–H and O–H groups in total. The van der Waals surface area contributed by atoms with Crippen LogP contribution in [0.2, 0.25) is 0 Å². The third-order valence-corrected chi connectivity index (χ3v) is 3.95. The zero-order chi connectivity index (χ0) is 18.8. The summed E-state index contributed by atoms with van der Waals surface area (Å²) in [7, 11) is 0. The molecule has 0 fully saturated rings. The van der Waals surface area contributed by atoms with Crippen molar-refractivity contribution in [1.29, 1.82) is 0 Å². The molecular formula is C20H28N2O3. The highest BCUT2D eigenvalue weighted by Gasteiger charge is 2.37. The lowest BCUT2D eigenvalue weighted by atomic mass is 9.92. The van der Waals surface area contributed by atoms with Crippen LogP contribution >= 0.6 is 0 Å². The quantitative estimate of drug-likeness (QED) is 0.840. The Balaban J connectivity index is 2.30. The molecule has 0 radical (unpaired) electrons. The van der Waals surface area contributed by atoms with Crippen molar-refractivity contribution in [2.75, 3.05) is 23.4 Å². The van der Waals surface area contributed by atoms with Crippen LogP contribution in [0.25, 0.3) is 0 Å². The van der Waals surface area contributed by atoms with Crippen LogP contribution in [0.1, 0.15) is 41.0 Å². The molecule has 1 heterocycles. The van der Waals surface area contributed by atoms with Gasteiger partial charge in [0, 0.05) is 24.7 Å². The largest absolute Gasteiger partial charge is 0.490 e. The van der Waals surface area contributed by atoms with Crippen molar-refractivity contribution in [1.82, 2.24) is 0 Å². The zero-order valence-electron chi connectivity index (χ0n) is 15.8. The van der Waals surface area contributed by atoms with Crippen LogP contribution in [0, 0.1) is 10.8 Å². The number of rotatable bonds is 4. The van der Waals surface area contributed by atoms with Crippen molar-refractivity contribution in [2.45, 2.75) is 41.0 Å². The molecule has 1 aliphatic heterocycles. The van der Waals surface area contributed by atoms with Crippen molar-refractivity contribution in [2.24, 2.45) is 10.8 Å². The molecule has 0 unspecified atom stereocenters. The lowest BCUT2D eigenvalue weighted by Gasteiger charge is -2.27. The number of hydrogen-bond acceptors (Lipinski definition) is 3. The molecule has 136 valence electrons. The van der Waals surface area contributed by atoms with Gasteiger partial charge in [0.25, 0.3) is 0 Å². The fourth-order valence-corrected chi connectivity index (χ4v) is 2.72. The second kappa shape index (κ2) is 6.90. The van der Waals surface area contributed by atoms with E-state index in [2.05, 4.69) is 11.9 Å². The fraction of sp³-hybridized carbons (Fsp3) is 0.500. The second-order valence-electron chi connectivity index (χ2n) is 8.35. The van der Waals surface area contributed by atoms with Gasteiger partial charge in [0.15, 0.2) is 0 Å². The summed E-state index contributed by atoms with van der Waals surface area (Å²) >= 11 is 0. The van der Waals surface area contributed by atoms with Crippen LogP contribution in [-0.2, 0) is 9.59 Å². The van der Waals surface area contributed by atoms with Gasteiger partial charge in [0.1, 0.15) is 12.4 Å². The summed E-state index contributed by atoms with van der Waals surface area (Å²) < 4.78 is 5.89. The van der Waals surface area contributed by atoms with Crippen LogP contribution in [0.5, 0.6) is 5.75 Å². The van der Waals surface area contributed by atoms with Crippen LogP contribution in [-0.4, -0.2) is 25.0 Å². The third kappa shape index (κ3) is 4.62. The van der Waals surface area contributed by atoms with Crippen LogP contribution in [0.15, 0.2) is 30.9 Å².